The highest BCUT2D eigenvalue weighted by Gasteiger charge is 2.28. The van der Waals surface area contributed by atoms with Gasteiger partial charge in [-0.15, -0.1) is 6.58 Å². The minimum Gasteiger partial charge on any atom is -0.395 e. The number of nitrogens with zero attached hydrogens (tertiary/aromatic N) is 2. The molecule has 0 aliphatic carbocycles. The van der Waals surface area contributed by atoms with Gasteiger partial charge in [-0.05, 0) is 33.6 Å². The first-order valence-corrected chi connectivity index (χ1v) is 7.40. The summed E-state index contributed by atoms with van der Waals surface area (Å²) in [5.74, 6) is 0. The van der Waals surface area contributed by atoms with Gasteiger partial charge in [-0.3, -0.25) is 4.90 Å². The standard InChI is InChI=1S/C15H29N3O2/c1-5-8-17(11-12-19)14(20)16-13-6-9-18(10-7-13)15(2,3)4/h5,13,19H,1,6-12H2,2-4H3,(H,16,20). The van der Waals surface area contributed by atoms with Gasteiger partial charge < -0.3 is 15.3 Å². The Balaban J connectivity index is 2.42. The molecular formula is C15H29N3O2. The van der Waals surface area contributed by atoms with Crippen LogP contribution in [0.5, 0.6) is 0 Å². The van der Waals surface area contributed by atoms with E-state index in [9.17, 15) is 4.79 Å². The molecule has 0 radical (unpaired) electrons. The molecular weight excluding hydrogens is 254 g/mol. The van der Waals surface area contributed by atoms with Gasteiger partial charge in [0, 0.05) is 37.8 Å². The molecule has 5 nitrogen and oxygen atoms in total. The molecule has 0 spiro atoms. The number of carbonyl (C=O) groups is 1. The van der Waals surface area contributed by atoms with Crippen molar-refractivity contribution in [1.29, 1.82) is 0 Å². The molecule has 0 aromatic rings. The van der Waals surface area contributed by atoms with Gasteiger partial charge in [0.1, 0.15) is 0 Å². The molecule has 1 fully saturated rings. The highest BCUT2D eigenvalue weighted by atomic mass is 16.3. The normalized spacial score (nSPS) is 17.8. The summed E-state index contributed by atoms with van der Waals surface area (Å²) in [6, 6.07) is 0.125. The molecule has 1 heterocycles. The summed E-state index contributed by atoms with van der Waals surface area (Å²) in [6.07, 6.45) is 3.63. The van der Waals surface area contributed by atoms with E-state index in [0.717, 1.165) is 25.9 Å². The first-order chi connectivity index (χ1) is 9.38. The molecule has 0 saturated carbocycles. The third kappa shape index (κ3) is 5.13. The Kier molecular flexibility index (Phi) is 6.49. The van der Waals surface area contributed by atoms with Gasteiger partial charge in [0.05, 0.1) is 6.61 Å². The lowest BCUT2D eigenvalue weighted by Crippen LogP contribution is -2.53. The molecule has 2 N–H and O–H groups in total. The van der Waals surface area contributed by atoms with Crippen LogP contribution in [0.2, 0.25) is 0 Å². The average Bonchev–Trinajstić information content (AvgIpc) is 2.38. The zero-order valence-electron chi connectivity index (χ0n) is 13.1. The second-order valence-corrected chi connectivity index (χ2v) is 6.34. The van der Waals surface area contributed by atoms with Crippen molar-refractivity contribution in [1.82, 2.24) is 15.1 Å². The lowest BCUT2D eigenvalue weighted by Gasteiger charge is -2.41. The van der Waals surface area contributed by atoms with Crippen molar-refractivity contribution < 1.29 is 9.90 Å². The minimum absolute atomic E-state index is 0.0241. The second-order valence-electron chi connectivity index (χ2n) is 6.34. The highest BCUT2D eigenvalue weighted by molar-refractivity contribution is 5.74. The third-order valence-corrected chi connectivity index (χ3v) is 3.78. The SMILES string of the molecule is C=CCN(CCO)C(=O)NC1CCN(C(C)(C)C)CC1. The number of amides is 2. The lowest BCUT2D eigenvalue weighted by atomic mass is 9.98. The molecule has 0 unspecified atom stereocenters. The van der Waals surface area contributed by atoms with Crippen LogP contribution in [0.1, 0.15) is 33.6 Å². The van der Waals surface area contributed by atoms with Crippen molar-refractivity contribution in [3.05, 3.63) is 12.7 Å². The smallest absolute Gasteiger partial charge is 0.317 e. The molecule has 20 heavy (non-hydrogen) atoms. The number of urea groups is 1. The number of hydrogen-bond acceptors (Lipinski definition) is 3. The van der Waals surface area contributed by atoms with Crippen LogP contribution in [0.15, 0.2) is 12.7 Å². The third-order valence-electron chi connectivity index (χ3n) is 3.78. The molecule has 2 amide bonds. The number of piperidine rings is 1. The van der Waals surface area contributed by atoms with E-state index >= 15 is 0 Å². The maximum atomic E-state index is 12.1. The number of carbonyl (C=O) groups excluding carboxylic acids is 1. The monoisotopic (exact) mass is 283 g/mol. The van der Waals surface area contributed by atoms with Crippen LogP contribution in [0.25, 0.3) is 0 Å². The van der Waals surface area contributed by atoms with Crippen LogP contribution in [-0.4, -0.2) is 65.3 Å². The Morgan fingerprint density at radius 2 is 2.05 bits per heavy atom. The van der Waals surface area contributed by atoms with E-state index < -0.39 is 0 Å². The molecule has 0 atom stereocenters. The molecule has 116 valence electrons. The zero-order chi connectivity index (χ0) is 15.2. The van der Waals surface area contributed by atoms with Crippen molar-refractivity contribution in [3.8, 4) is 0 Å². The summed E-state index contributed by atoms with van der Waals surface area (Å²) < 4.78 is 0. The number of aliphatic hydroxyl groups excluding tert-OH is 1. The van der Waals surface area contributed by atoms with Crippen LogP contribution in [0.3, 0.4) is 0 Å². The first kappa shape index (κ1) is 17.0. The van der Waals surface area contributed by atoms with E-state index in [1.807, 2.05) is 0 Å². The molecule has 1 aliphatic heterocycles. The van der Waals surface area contributed by atoms with Gasteiger partial charge in [0.2, 0.25) is 0 Å². The summed E-state index contributed by atoms with van der Waals surface area (Å²) in [7, 11) is 0. The lowest BCUT2D eigenvalue weighted by molar-refractivity contribution is 0.0956. The predicted molar refractivity (Wildman–Crippen MR) is 81.7 cm³/mol. The fourth-order valence-electron chi connectivity index (χ4n) is 2.51. The van der Waals surface area contributed by atoms with Gasteiger partial charge in [-0.2, -0.15) is 0 Å². The van der Waals surface area contributed by atoms with Crippen LogP contribution in [0.4, 0.5) is 4.79 Å². The summed E-state index contributed by atoms with van der Waals surface area (Å²) >= 11 is 0. The Bertz CT molecular complexity index is 318. The maximum absolute atomic E-state index is 12.1. The quantitative estimate of drug-likeness (QED) is 0.751. The van der Waals surface area contributed by atoms with E-state index in [2.05, 4.69) is 37.6 Å². The number of likely N-dealkylation sites (tertiary alicyclic amines) is 1. The Labute approximate surface area is 122 Å². The number of hydrogen-bond donors (Lipinski definition) is 2. The topological polar surface area (TPSA) is 55.8 Å². The van der Waals surface area contributed by atoms with Crippen LogP contribution >= 0.6 is 0 Å². The van der Waals surface area contributed by atoms with Gasteiger partial charge in [0.15, 0.2) is 0 Å². The van der Waals surface area contributed by atoms with Crippen LogP contribution in [-0.2, 0) is 0 Å². The van der Waals surface area contributed by atoms with Gasteiger partial charge in [-0.25, -0.2) is 4.79 Å². The molecule has 1 aliphatic rings. The Hall–Kier alpha value is -1.07. The van der Waals surface area contributed by atoms with E-state index in [0.29, 0.717) is 13.1 Å². The van der Waals surface area contributed by atoms with Crippen molar-refractivity contribution in [3.63, 3.8) is 0 Å². The largest absolute Gasteiger partial charge is 0.395 e. The summed E-state index contributed by atoms with van der Waals surface area (Å²) in [4.78, 5) is 16.1. The number of rotatable bonds is 5. The molecule has 0 aromatic carbocycles. The van der Waals surface area contributed by atoms with Crippen LogP contribution in [0, 0.1) is 0 Å². The molecule has 0 bridgehead atoms. The van der Waals surface area contributed by atoms with Crippen molar-refractivity contribution >= 4 is 6.03 Å². The zero-order valence-corrected chi connectivity index (χ0v) is 13.1. The summed E-state index contributed by atoms with van der Waals surface area (Å²) in [6.45, 7) is 13.1. The summed E-state index contributed by atoms with van der Waals surface area (Å²) in [5, 5.41) is 12.0. The number of aliphatic hydroxyl groups is 1. The van der Waals surface area contributed by atoms with Gasteiger partial charge in [-0.1, -0.05) is 6.08 Å². The van der Waals surface area contributed by atoms with E-state index in [1.165, 1.54) is 0 Å². The van der Waals surface area contributed by atoms with Gasteiger partial charge in [0.25, 0.3) is 0 Å². The van der Waals surface area contributed by atoms with Crippen molar-refractivity contribution in [2.75, 3.05) is 32.8 Å². The molecule has 1 saturated heterocycles. The second kappa shape index (κ2) is 7.64. The Morgan fingerprint density at radius 1 is 1.45 bits per heavy atom. The number of nitrogens with one attached hydrogen (secondary N) is 1. The minimum atomic E-state index is -0.104. The fourth-order valence-corrected chi connectivity index (χ4v) is 2.51. The molecule has 1 rings (SSSR count). The van der Waals surface area contributed by atoms with E-state index in [1.54, 1.807) is 11.0 Å². The molecule has 0 aromatic heterocycles. The highest BCUT2D eigenvalue weighted by Crippen LogP contribution is 2.20. The van der Waals surface area contributed by atoms with Gasteiger partial charge >= 0.3 is 6.03 Å². The fraction of sp³-hybridized carbons (Fsp3) is 0.800. The van der Waals surface area contributed by atoms with Crippen LogP contribution < -0.4 is 5.32 Å². The van der Waals surface area contributed by atoms with Crippen molar-refractivity contribution in [2.45, 2.75) is 45.2 Å². The van der Waals surface area contributed by atoms with Crippen molar-refractivity contribution in [2.24, 2.45) is 0 Å². The first-order valence-electron chi connectivity index (χ1n) is 7.40. The maximum Gasteiger partial charge on any atom is 0.317 e. The predicted octanol–water partition coefficient (Wildman–Crippen LogP) is 1.44. The Morgan fingerprint density at radius 3 is 2.50 bits per heavy atom. The summed E-state index contributed by atoms with van der Waals surface area (Å²) in [5.41, 5.74) is 0.195. The molecule has 5 heteroatoms. The van der Waals surface area contributed by atoms with E-state index in [-0.39, 0.29) is 24.2 Å². The average molecular weight is 283 g/mol. The van der Waals surface area contributed by atoms with E-state index in [4.69, 9.17) is 5.11 Å².